The van der Waals surface area contributed by atoms with Gasteiger partial charge in [-0.2, -0.15) is 0 Å². The van der Waals surface area contributed by atoms with Crippen LogP contribution < -0.4 is 0 Å². The normalized spacial score (nSPS) is 27.6. The molecule has 2 aliphatic rings. The van der Waals surface area contributed by atoms with Crippen molar-refractivity contribution in [3.63, 3.8) is 0 Å². The zero-order valence-electron chi connectivity index (χ0n) is 13.5. The predicted molar refractivity (Wildman–Crippen MR) is 82.5 cm³/mol. The van der Waals surface area contributed by atoms with E-state index in [9.17, 15) is 9.59 Å². The van der Waals surface area contributed by atoms with Crippen molar-refractivity contribution in [2.24, 2.45) is 13.0 Å². The monoisotopic (exact) mass is 304 g/mol. The lowest BCUT2D eigenvalue weighted by atomic mass is 9.84. The Kier molecular flexibility index (Phi) is 3.98. The molecular weight excluding hydrogens is 280 g/mol. The van der Waals surface area contributed by atoms with Gasteiger partial charge in [-0.05, 0) is 44.2 Å². The molecule has 1 saturated carbocycles. The number of nitrogens with zero attached hydrogens (tertiary/aromatic N) is 2. The molecule has 1 amide bonds. The minimum Gasteiger partial charge on any atom is -0.467 e. The van der Waals surface area contributed by atoms with E-state index >= 15 is 0 Å². The van der Waals surface area contributed by atoms with Crippen LogP contribution in [0.4, 0.5) is 0 Å². The van der Waals surface area contributed by atoms with E-state index in [0.29, 0.717) is 11.6 Å². The maximum absolute atomic E-state index is 13.1. The largest absolute Gasteiger partial charge is 0.467 e. The molecule has 3 rings (SSSR count). The molecule has 120 valence electrons. The first-order chi connectivity index (χ1) is 10.5. The van der Waals surface area contributed by atoms with Crippen LogP contribution in [0.3, 0.4) is 0 Å². The zero-order valence-corrected chi connectivity index (χ0v) is 13.5. The van der Waals surface area contributed by atoms with Crippen LogP contribution >= 0.6 is 0 Å². The Balaban J connectivity index is 1.94. The minimum absolute atomic E-state index is 0.0413. The average molecular weight is 304 g/mol. The van der Waals surface area contributed by atoms with Crippen LogP contribution in [0.1, 0.15) is 48.3 Å². The van der Waals surface area contributed by atoms with Crippen molar-refractivity contribution in [3.05, 3.63) is 23.5 Å². The molecule has 2 heterocycles. The number of methoxy groups -OCH3 is 1. The van der Waals surface area contributed by atoms with Gasteiger partial charge >= 0.3 is 5.97 Å². The zero-order chi connectivity index (χ0) is 15.9. The Bertz CT molecular complexity index is 593. The molecule has 3 atom stereocenters. The molecule has 0 radical (unpaired) electrons. The quantitative estimate of drug-likeness (QED) is 0.788. The second-order valence-electron chi connectivity index (χ2n) is 6.52. The van der Waals surface area contributed by atoms with Crippen molar-refractivity contribution in [2.45, 2.75) is 51.1 Å². The first-order valence-electron chi connectivity index (χ1n) is 8.07. The van der Waals surface area contributed by atoms with Gasteiger partial charge in [0.25, 0.3) is 5.91 Å². The summed E-state index contributed by atoms with van der Waals surface area (Å²) in [5, 5.41) is 0. The van der Waals surface area contributed by atoms with Gasteiger partial charge in [0.15, 0.2) is 0 Å². The molecule has 1 aliphatic heterocycles. The number of rotatable bonds is 2. The minimum atomic E-state index is -0.430. The van der Waals surface area contributed by atoms with Crippen LogP contribution in [-0.2, 0) is 16.6 Å². The molecule has 1 aromatic heterocycles. The Morgan fingerprint density at radius 1 is 1.23 bits per heavy atom. The molecule has 22 heavy (non-hydrogen) atoms. The van der Waals surface area contributed by atoms with Gasteiger partial charge in [0.05, 0.1) is 7.11 Å². The number of carbonyl (C=O) groups is 2. The Morgan fingerprint density at radius 3 is 2.59 bits per heavy atom. The van der Waals surface area contributed by atoms with E-state index < -0.39 is 6.04 Å². The summed E-state index contributed by atoms with van der Waals surface area (Å²) >= 11 is 0. The summed E-state index contributed by atoms with van der Waals surface area (Å²) in [5.41, 5.74) is 1.69. The number of fused-ring (bicyclic) bond motifs is 1. The highest BCUT2D eigenvalue weighted by molar-refractivity contribution is 5.96. The first-order valence-corrected chi connectivity index (χ1v) is 8.07. The molecule has 5 nitrogen and oxygen atoms in total. The highest BCUT2D eigenvalue weighted by Crippen LogP contribution is 2.40. The smallest absolute Gasteiger partial charge is 0.328 e. The maximum Gasteiger partial charge on any atom is 0.328 e. The summed E-state index contributed by atoms with van der Waals surface area (Å²) in [6.45, 7) is 1.97. The number of esters is 1. The van der Waals surface area contributed by atoms with Crippen LogP contribution in [0.15, 0.2) is 12.1 Å². The second kappa shape index (κ2) is 5.78. The molecule has 1 saturated heterocycles. The van der Waals surface area contributed by atoms with Gasteiger partial charge in [-0.3, -0.25) is 4.79 Å². The summed E-state index contributed by atoms with van der Waals surface area (Å²) in [6.07, 6.45) is 5.17. The number of aryl methyl sites for hydroxylation is 1. The molecule has 1 aromatic rings. The third-order valence-electron chi connectivity index (χ3n) is 5.39. The topological polar surface area (TPSA) is 51.5 Å². The van der Waals surface area contributed by atoms with Gasteiger partial charge in [0.2, 0.25) is 0 Å². The van der Waals surface area contributed by atoms with Crippen molar-refractivity contribution >= 4 is 11.9 Å². The summed E-state index contributed by atoms with van der Waals surface area (Å²) in [5.74, 6) is 0.109. The van der Waals surface area contributed by atoms with E-state index in [1.165, 1.54) is 13.5 Å². The molecule has 5 heteroatoms. The third kappa shape index (κ3) is 2.32. The lowest BCUT2D eigenvalue weighted by Crippen LogP contribution is -2.47. The van der Waals surface area contributed by atoms with E-state index in [1.54, 1.807) is 0 Å². The van der Waals surface area contributed by atoms with Crippen molar-refractivity contribution < 1.29 is 14.3 Å². The number of hydrogen-bond acceptors (Lipinski definition) is 3. The molecule has 2 fully saturated rings. The molecule has 0 unspecified atom stereocenters. The fraction of sp³-hybridized carbons (Fsp3) is 0.647. The lowest BCUT2D eigenvalue weighted by molar-refractivity contribution is -0.145. The molecule has 0 N–H and O–H groups in total. The summed E-state index contributed by atoms with van der Waals surface area (Å²) < 4.78 is 6.85. The van der Waals surface area contributed by atoms with Crippen LogP contribution in [0.25, 0.3) is 0 Å². The van der Waals surface area contributed by atoms with E-state index in [0.717, 1.165) is 31.4 Å². The van der Waals surface area contributed by atoms with E-state index in [-0.39, 0.29) is 17.9 Å². The summed E-state index contributed by atoms with van der Waals surface area (Å²) in [6, 6.07) is 3.54. The maximum atomic E-state index is 13.1. The predicted octanol–water partition coefficient (Wildman–Crippen LogP) is 2.28. The van der Waals surface area contributed by atoms with Gasteiger partial charge < -0.3 is 14.2 Å². The first kappa shape index (κ1) is 15.1. The highest BCUT2D eigenvalue weighted by atomic mass is 16.5. The van der Waals surface area contributed by atoms with Crippen LogP contribution in [0, 0.1) is 12.8 Å². The molecule has 0 bridgehead atoms. The summed E-state index contributed by atoms with van der Waals surface area (Å²) in [7, 11) is 3.30. The van der Waals surface area contributed by atoms with Gasteiger partial charge in [-0.1, -0.05) is 12.8 Å². The Morgan fingerprint density at radius 2 is 1.95 bits per heavy atom. The number of hydrogen-bond donors (Lipinski definition) is 0. The molecule has 0 aromatic carbocycles. The Hall–Kier alpha value is -1.78. The van der Waals surface area contributed by atoms with Crippen molar-refractivity contribution in [2.75, 3.05) is 7.11 Å². The number of carbonyl (C=O) groups excluding carboxylic acids is 2. The fourth-order valence-corrected chi connectivity index (χ4v) is 4.06. The average Bonchev–Trinajstić information content (AvgIpc) is 3.07. The van der Waals surface area contributed by atoms with Gasteiger partial charge in [-0.25, -0.2) is 4.79 Å². The van der Waals surface area contributed by atoms with Crippen LogP contribution in [-0.4, -0.2) is 40.5 Å². The number of aromatic nitrogens is 1. The van der Waals surface area contributed by atoms with Gasteiger partial charge in [-0.15, -0.1) is 0 Å². The third-order valence-corrected chi connectivity index (χ3v) is 5.39. The number of amides is 1. The molecule has 1 aliphatic carbocycles. The number of likely N-dealkylation sites (tertiary alicyclic amines) is 1. The fourth-order valence-electron chi connectivity index (χ4n) is 4.06. The molecular formula is C17H24N2O3. The van der Waals surface area contributed by atoms with Crippen LogP contribution in [0.2, 0.25) is 0 Å². The highest BCUT2D eigenvalue weighted by Gasteiger charge is 2.48. The van der Waals surface area contributed by atoms with Crippen molar-refractivity contribution in [1.29, 1.82) is 0 Å². The second-order valence-corrected chi connectivity index (χ2v) is 6.52. The van der Waals surface area contributed by atoms with E-state index in [2.05, 4.69) is 0 Å². The Labute approximate surface area is 131 Å². The summed E-state index contributed by atoms with van der Waals surface area (Å²) in [4.78, 5) is 27.0. The van der Waals surface area contributed by atoms with Gasteiger partial charge in [0.1, 0.15) is 11.7 Å². The van der Waals surface area contributed by atoms with Crippen molar-refractivity contribution in [1.82, 2.24) is 9.47 Å². The van der Waals surface area contributed by atoms with E-state index in [4.69, 9.17) is 4.74 Å². The van der Waals surface area contributed by atoms with Crippen LogP contribution in [0.5, 0.6) is 0 Å². The standard InChI is InChI=1S/C17H24N2O3/c1-11-8-9-14(18(11)2)16(20)19-13-7-5-4-6-12(13)10-15(19)17(21)22-3/h8-9,12-13,15H,4-7,10H2,1-3H3/t12-,13-,15+/m1/s1. The van der Waals surface area contributed by atoms with E-state index in [1.807, 2.05) is 35.6 Å². The van der Waals surface area contributed by atoms with Crippen molar-refractivity contribution in [3.8, 4) is 0 Å². The lowest BCUT2D eigenvalue weighted by Gasteiger charge is -2.33. The SMILES string of the molecule is COC(=O)[C@@H]1C[C@H]2CCCC[C@H]2N1C(=O)c1ccc(C)n1C. The van der Waals surface area contributed by atoms with Gasteiger partial charge in [0, 0.05) is 18.8 Å². The molecule has 0 spiro atoms. The number of ether oxygens (including phenoxy) is 1.